The first-order valence-electron chi connectivity index (χ1n) is 27.5. The third kappa shape index (κ3) is 10.1. The van der Waals surface area contributed by atoms with Gasteiger partial charge in [-0.2, -0.15) is 0 Å². The molecule has 0 N–H and O–H groups in total. The predicted octanol–water partition coefficient (Wildman–Crippen LogP) is 17.0. The molecule has 0 spiro atoms. The summed E-state index contributed by atoms with van der Waals surface area (Å²) in [6.45, 7) is -4.76. The summed E-state index contributed by atoms with van der Waals surface area (Å²) >= 11 is 0. The van der Waals surface area contributed by atoms with E-state index in [0.29, 0.717) is 48.2 Å². The molecule has 0 atom stereocenters. The van der Waals surface area contributed by atoms with Gasteiger partial charge in [0.25, 0.3) is 0 Å². The van der Waals surface area contributed by atoms with Gasteiger partial charge in [-0.3, -0.25) is 0 Å². The van der Waals surface area contributed by atoms with Gasteiger partial charge in [0.15, 0.2) is 0 Å². The van der Waals surface area contributed by atoms with E-state index in [1.807, 2.05) is 91.1 Å². The molecule has 4 nitrogen and oxygen atoms in total. The van der Waals surface area contributed by atoms with Gasteiger partial charge in [-0.05, 0) is 136 Å². The zero-order valence-corrected chi connectivity index (χ0v) is 42.6. The van der Waals surface area contributed by atoms with Crippen LogP contribution in [0.25, 0.3) is 100 Å². The maximum absolute atomic E-state index is 8.58. The third-order valence-electron chi connectivity index (χ3n) is 13.7. The molecule has 0 unspecified atom stereocenters. The number of fused-ring (bicyclic) bond motifs is 3. The van der Waals surface area contributed by atoms with Crippen LogP contribution in [-0.2, 0) is 45.8 Å². The standard InChI is InChI=1S/C69H50N3O.Ir/c1-46-38-64(53-16-8-4-9-17-53)71-44-58(46)24-22-48-40-49(23-25-59-45-72-65(39-47(59)2)54-18-10-5-11-19-54)42-60(41-48)61-34-35-63-62-20-12-13-21-67(62)73-69(63)68(61)56-32-30-55(31-33-56)66-43-57(36-37-70-66)52-28-26-51(27-29-52)50-14-6-3-7-15-50;/h3-16,18,20-21,26-30,32-45H,22-25H2,1-2H3;/q-3;+3/i1D3,2D3;. The fourth-order valence-corrected chi connectivity index (χ4v) is 9.83. The van der Waals surface area contributed by atoms with Gasteiger partial charge in [-0.15, -0.1) is 102 Å². The normalized spacial score (nSPS) is 12.8. The van der Waals surface area contributed by atoms with Crippen LogP contribution in [0.1, 0.15) is 41.6 Å². The second kappa shape index (κ2) is 21.4. The van der Waals surface area contributed by atoms with Gasteiger partial charge >= 0.3 is 20.1 Å². The molecule has 356 valence electrons. The third-order valence-corrected chi connectivity index (χ3v) is 13.7. The molecule has 4 aromatic heterocycles. The molecule has 12 aromatic rings. The predicted molar refractivity (Wildman–Crippen MR) is 299 cm³/mol. The van der Waals surface area contributed by atoms with Crippen LogP contribution in [0.15, 0.2) is 223 Å². The number of rotatable bonds is 13. The molecule has 0 bridgehead atoms. The second-order valence-corrected chi connectivity index (χ2v) is 18.4. The Morgan fingerprint density at radius 3 is 1.65 bits per heavy atom. The Kier molecular flexibility index (Phi) is 11.9. The molecule has 0 saturated carbocycles. The summed E-state index contributed by atoms with van der Waals surface area (Å²) in [7, 11) is 0. The van der Waals surface area contributed by atoms with E-state index in [1.54, 1.807) is 36.7 Å². The maximum atomic E-state index is 8.58. The van der Waals surface area contributed by atoms with Crippen LogP contribution in [0.3, 0.4) is 0 Å². The molecule has 74 heavy (non-hydrogen) atoms. The average Bonchev–Trinajstić information content (AvgIpc) is 3.99. The Bertz CT molecular complexity index is 4020. The van der Waals surface area contributed by atoms with Crippen molar-refractivity contribution in [1.82, 2.24) is 15.0 Å². The molecule has 12 rings (SSSR count). The van der Waals surface area contributed by atoms with Crippen LogP contribution < -0.4 is 0 Å². The van der Waals surface area contributed by atoms with Gasteiger partial charge in [0.2, 0.25) is 0 Å². The van der Waals surface area contributed by atoms with E-state index in [1.165, 1.54) is 5.56 Å². The second-order valence-electron chi connectivity index (χ2n) is 18.4. The van der Waals surface area contributed by atoms with Crippen LogP contribution in [0.2, 0.25) is 0 Å². The molecular weight excluding hydrogens is 1080 g/mol. The number of hydrogen-bond donors (Lipinski definition) is 0. The minimum Gasteiger partial charge on any atom is -0.456 e. The van der Waals surface area contributed by atoms with Crippen molar-refractivity contribution in [2.75, 3.05) is 0 Å². The van der Waals surface area contributed by atoms with Crippen LogP contribution >= 0.6 is 0 Å². The summed E-state index contributed by atoms with van der Waals surface area (Å²) < 4.78 is 58.3. The number of benzene rings is 8. The van der Waals surface area contributed by atoms with Gasteiger partial charge in [0.1, 0.15) is 11.2 Å². The summed E-state index contributed by atoms with van der Waals surface area (Å²) in [5.41, 5.74) is 17.5. The molecule has 0 saturated heterocycles. The van der Waals surface area contributed by atoms with E-state index in [0.717, 1.165) is 94.4 Å². The van der Waals surface area contributed by atoms with Crippen molar-refractivity contribution < 1.29 is 32.7 Å². The smallest absolute Gasteiger partial charge is 0.456 e. The molecular formula is C69H50IrN3O. The van der Waals surface area contributed by atoms with Crippen LogP contribution in [0.5, 0.6) is 0 Å². The van der Waals surface area contributed by atoms with E-state index in [-0.39, 0.29) is 31.2 Å². The molecule has 4 heterocycles. The zero-order valence-electron chi connectivity index (χ0n) is 46.2. The molecule has 0 aliphatic heterocycles. The van der Waals surface area contributed by atoms with E-state index in [9.17, 15) is 0 Å². The van der Waals surface area contributed by atoms with E-state index >= 15 is 0 Å². The number of hydrogen-bond acceptors (Lipinski definition) is 4. The fourth-order valence-electron chi connectivity index (χ4n) is 9.83. The molecule has 0 amide bonds. The minimum atomic E-state index is -2.38. The van der Waals surface area contributed by atoms with Crippen molar-refractivity contribution in [3.63, 3.8) is 0 Å². The first kappa shape index (κ1) is 41.2. The number of furan rings is 1. The van der Waals surface area contributed by atoms with Gasteiger partial charge < -0.3 is 19.4 Å². The van der Waals surface area contributed by atoms with Crippen molar-refractivity contribution in [3.05, 3.63) is 270 Å². The Hall–Kier alpha value is -8.34. The number of nitrogens with zero attached hydrogens (tertiary/aromatic N) is 3. The van der Waals surface area contributed by atoms with Gasteiger partial charge in [0, 0.05) is 37.6 Å². The summed E-state index contributed by atoms with van der Waals surface area (Å²) in [5.74, 6) is 0. The summed E-state index contributed by atoms with van der Waals surface area (Å²) in [6, 6.07) is 76.2. The number of para-hydroxylation sites is 1. The first-order valence-corrected chi connectivity index (χ1v) is 24.5. The fraction of sp³-hybridized carbons (Fsp3) is 0.0870. The molecule has 0 aliphatic carbocycles. The average molecular weight is 1140 g/mol. The molecule has 0 radical (unpaired) electrons. The summed E-state index contributed by atoms with van der Waals surface area (Å²) in [4.78, 5) is 14.3. The van der Waals surface area contributed by atoms with Crippen molar-refractivity contribution in [2.45, 2.75) is 39.4 Å². The topological polar surface area (TPSA) is 51.8 Å². The first-order chi connectivity index (χ1) is 38.4. The molecule has 0 fully saturated rings. The van der Waals surface area contributed by atoms with E-state index in [4.69, 9.17) is 27.6 Å². The van der Waals surface area contributed by atoms with Gasteiger partial charge in [0.05, 0.1) is 0 Å². The monoisotopic (exact) mass is 1140 g/mol. The number of aryl methyl sites for hydroxylation is 6. The zero-order chi connectivity index (χ0) is 54.1. The molecule has 8 aromatic carbocycles. The Labute approximate surface area is 455 Å². The Balaban J connectivity index is 0.00000675. The van der Waals surface area contributed by atoms with Gasteiger partial charge in [-0.1, -0.05) is 132 Å². The van der Waals surface area contributed by atoms with Crippen molar-refractivity contribution >= 4 is 21.9 Å². The van der Waals surface area contributed by atoms with Gasteiger partial charge in [-0.25, -0.2) is 0 Å². The Morgan fingerprint density at radius 2 is 1.03 bits per heavy atom. The molecule has 5 heteroatoms. The van der Waals surface area contributed by atoms with Crippen LogP contribution in [0, 0.1) is 31.9 Å². The number of aromatic nitrogens is 3. The Morgan fingerprint density at radius 1 is 0.446 bits per heavy atom. The van der Waals surface area contributed by atoms with Crippen molar-refractivity contribution in [3.8, 4) is 78.3 Å². The largest absolute Gasteiger partial charge is 3.00 e. The van der Waals surface area contributed by atoms with E-state index < -0.39 is 13.7 Å². The summed E-state index contributed by atoms with van der Waals surface area (Å²) in [5, 5.41) is 1.98. The van der Waals surface area contributed by atoms with E-state index in [2.05, 4.69) is 109 Å². The van der Waals surface area contributed by atoms with Crippen LogP contribution in [-0.4, -0.2) is 15.0 Å². The SMILES string of the molecule is [2H]C([2H])([2H])c1cc(-c2[c-]cccc2)ncc1CCc1cc(CCc2cnc(-c3[c-]cccc3)cc2C([2H])([2H])[2H])cc(-c2ccc3c(oc4ccccc43)c2-c2c[c-]c(-c3cc(-c4ccc(-c5ccccc5)cc4)ccn3)cc2)c1.[Ir+3]. The van der Waals surface area contributed by atoms with Crippen LogP contribution in [0.4, 0.5) is 0 Å². The maximum Gasteiger partial charge on any atom is 3.00 e. The molecule has 0 aliphatic rings. The van der Waals surface area contributed by atoms with Crippen molar-refractivity contribution in [2.24, 2.45) is 0 Å². The minimum absolute atomic E-state index is 0. The number of pyridine rings is 3. The quantitative estimate of drug-likeness (QED) is 0.108. The van der Waals surface area contributed by atoms with Crippen molar-refractivity contribution in [1.29, 1.82) is 0 Å². The summed E-state index contributed by atoms with van der Waals surface area (Å²) in [6.07, 6.45) is 7.03.